The molecule has 3 amide bonds. The Hall–Kier alpha value is -2.90. The van der Waals surface area contributed by atoms with Gasteiger partial charge >= 0.3 is 6.03 Å². The van der Waals surface area contributed by atoms with Crippen molar-refractivity contribution in [3.8, 4) is 0 Å². The third-order valence-corrected chi connectivity index (χ3v) is 6.68. The van der Waals surface area contributed by atoms with Crippen LogP contribution in [0.25, 0.3) is 0 Å². The van der Waals surface area contributed by atoms with Gasteiger partial charge in [-0.3, -0.25) is 4.79 Å². The summed E-state index contributed by atoms with van der Waals surface area (Å²) in [7, 11) is 0. The number of piperidine rings is 1. The molecule has 1 aromatic heterocycles. The Bertz CT molecular complexity index is 958. The molecule has 0 bridgehead atoms. The maximum atomic E-state index is 13.1. The number of likely N-dealkylation sites (tertiary alicyclic amines) is 2. The number of nitrogens with one attached hydrogen (secondary N) is 1. The van der Waals surface area contributed by atoms with Gasteiger partial charge in [-0.1, -0.05) is 31.2 Å². The van der Waals surface area contributed by atoms with Crippen LogP contribution in [0.5, 0.6) is 0 Å². The molecule has 2 atom stereocenters. The van der Waals surface area contributed by atoms with E-state index in [2.05, 4.69) is 15.5 Å². The number of fused-ring (bicyclic) bond motifs is 1. The summed E-state index contributed by atoms with van der Waals surface area (Å²) in [6.07, 6.45) is 1.99. The van der Waals surface area contributed by atoms with E-state index < -0.39 is 5.41 Å². The molecule has 2 aromatic rings. The maximum Gasteiger partial charge on any atom is 0.317 e. The Labute approximate surface area is 183 Å². The van der Waals surface area contributed by atoms with Crippen LogP contribution in [0.1, 0.15) is 42.7 Å². The van der Waals surface area contributed by atoms with Gasteiger partial charge in [0.25, 0.3) is 0 Å². The zero-order valence-electron chi connectivity index (χ0n) is 18.6. The van der Waals surface area contributed by atoms with Crippen molar-refractivity contribution in [2.75, 3.05) is 32.7 Å². The van der Waals surface area contributed by atoms with Crippen LogP contribution in [0.2, 0.25) is 0 Å². The molecule has 31 heavy (non-hydrogen) atoms. The van der Waals surface area contributed by atoms with Crippen molar-refractivity contribution in [3.05, 3.63) is 47.2 Å². The molecule has 8 heteroatoms. The predicted octanol–water partition coefficient (Wildman–Crippen LogP) is 2.45. The summed E-state index contributed by atoms with van der Waals surface area (Å²) in [4.78, 5) is 29.6. The minimum absolute atomic E-state index is 0.0642. The second-order valence-electron chi connectivity index (χ2n) is 8.78. The van der Waals surface area contributed by atoms with Crippen LogP contribution >= 0.6 is 0 Å². The molecule has 3 heterocycles. The first-order valence-corrected chi connectivity index (χ1v) is 11.1. The van der Waals surface area contributed by atoms with Crippen LogP contribution in [-0.4, -0.2) is 64.7 Å². The van der Waals surface area contributed by atoms with Crippen molar-refractivity contribution in [2.45, 2.75) is 45.4 Å². The first-order chi connectivity index (χ1) is 14.9. The first kappa shape index (κ1) is 21.3. The topological polar surface area (TPSA) is 91.6 Å². The molecule has 1 N–H and O–H groups in total. The largest absolute Gasteiger partial charge is 0.425 e. The highest BCUT2D eigenvalue weighted by Crippen LogP contribution is 2.44. The molecule has 4 rings (SSSR count). The number of urea groups is 1. The second kappa shape index (κ2) is 8.69. The quantitative estimate of drug-likeness (QED) is 0.795. The fourth-order valence-corrected chi connectivity index (χ4v) is 4.84. The molecule has 166 valence electrons. The third-order valence-electron chi connectivity index (χ3n) is 6.68. The number of hydrogen-bond donors (Lipinski definition) is 1. The number of aryl methyl sites for hydroxylation is 2. The van der Waals surface area contributed by atoms with E-state index >= 15 is 0 Å². The molecule has 8 nitrogen and oxygen atoms in total. The SMILES string of the molecule is CCCNC(=O)N1C[C@@H]2CN(C(=O)Cc3ccccc3C)CC[C@]2(c2nnc(C)o2)C1. The Balaban J connectivity index is 1.53. The molecule has 0 radical (unpaired) electrons. The van der Waals surface area contributed by atoms with Crippen LogP contribution in [-0.2, 0) is 16.6 Å². The van der Waals surface area contributed by atoms with Gasteiger partial charge in [0.2, 0.25) is 17.7 Å². The summed E-state index contributed by atoms with van der Waals surface area (Å²) >= 11 is 0. The molecule has 0 saturated carbocycles. The van der Waals surface area contributed by atoms with Gasteiger partial charge in [0.05, 0.1) is 11.8 Å². The lowest BCUT2D eigenvalue weighted by molar-refractivity contribution is -0.133. The van der Waals surface area contributed by atoms with E-state index in [1.54, 1.807) is 6.92 Å². The van der Waals surface area contributed by atoms with Gasteiger partial charge in [0.15, 0.2) is 0 Å². The van der Waals surface area contributed by atoms with E-state index in [0.29, 0.717) is 57.3 Å². The van der Waals surface area contributed by atoms with Crippen molar-refractivity contribution in [1.82, 2.24) is 25.3 Å². The lowest BCUT2D eigenvalue weighted by Crippen LogP contribution is -2.52. The molecule has 2 aliphatic rings. The number of amides is 3. The first-order valence-electron chi connectivity index (χ1n) is 11.1. The Morgan fingerprint density at radius 1 is 1.19 bits per heavy atom. The minimum atomic E-state index is -0.399. The highest BCUT2D eigenvalue weighted by Gasteiger charge is 2.55. The van der Waals surface area contributed by atoms with Crippen LogP contribution < -0.4 is 5.32 Å². The summed E-state index contributed by atoms with van der Waals surface area (Å²) in [6.45, 7) is 8.81. The maximum absolute atomic E-state index is 13.1. The number of rotatable bonds is 5. The molecule has 2 saturated heterocycles. The zero-order valence-corrected chi connectivity index (χ0v) is 18.6. The number of hydrogen-bond acceptors (Lipinski definition) is 5. The molecule has 0 unspecified atom stereocenters. The number of nitrogens with zero attached hydrogens (tertiary/aromatic N) is 4. The normalized spacial score (nSPS) is 23.0. The van der Waals surface area contributed by atoms with Gasteiger partial charge < -0.3 is 19.5 Å². The molecular weight excluding hydrogens is 394 g/mol. The van der Waals surface area contributed by atoms with Crippen molar-refractivity contribution >= 4 is 11.9 Å². The van der Waals surface area contributed by atoms with E-state index in [0.717, 1.165) is 17.5 Å². The second-order valence-corrected chi connectivity index (χ2v) is 8.78. The van der Waals surface area contributed by atoms with Gasteiger partial charge in [-0.05, 0) is 30.9 Å². The lowest BCUT2D eigenvalue weighted by atomic mass is 9.72. The van der Waals surface area contributed by atoms with Crippen molar-refractivity contribution in [2.24, 2.45) is 5.92 Å². The van der Waals surface area contributed by atoms with E-state index in [1.165, 1.54) is 0 Å². The smallest absolute Gasteiger partial charge is 0.317 e. The number of aromatic nitrogens is 2. The number of benzene rings is 1. The molecule has 1 aromatic carbocycles. The third kappa shape index (κ3) is 4.16. The minimum Gasteiger partial charge on any atom is -0.425 e. The molecule has 0 aliphatic carbocycles. The average Bonchev–Trinajstić information content (AvgIpc) is 3.37. The fourth-order valence-electron chi connectivity index (χ4n) is 4.84. The Morgan fingerprint density at radius 2 is 1.97 bits per heavy atom. The van der Waals surface area contributed by atoms with E-state index in [-0.39, 0.29) is 17.9 Å². The van der Waals surface area contributed by atoms with Gasteiger partial charge in [0, 0.05) is 45.6 Å². The van der Waals surface area contributed by atoms with Crippen molar-refractivity contribution in [1.29, 1.82) is 0 Å². The van der Waals surface area contributed by atoms with Gasteiger partial charge in [0.1, 0.15) is 0 Å². The van der Waals surface area contributed by atoms with E-state index in [4.69, 9.17) is 4.42 Å². The standard InChI is InChI=1S/C23H31N5O3/c1-4-10-24-22(30)28-14-19-13-27(20(29)12-18-8-6-5-7-16(18)2)11-9-23(19,15-28)21-26-25-17(3)31-21/h5-8,19H,4,9-15H2,1-3H3,(H,24,30)/t19-,23-/m0/s1. The predicted molar refractivity (Wildman–Crippen MR) is 116 cm³/mol. The van der Waals surface area contributed by atoms with Crippen LogP contribution in [0.15, 0.2) is 28.7 Å². The highest BCUT2D eigenvalue weighted by molar-refractivity contribution is 5.79. The van der Waals surface area contributed by atoms with Crippen molar-refractivity contribution in [3.63, 3.8) is 0 Å². The molecular formula is C23H31N5O3. The highest BCUT2D eigenvalue weighted by atomic mass is 16.4. The summed E-state index contributed by atoms with van der Waals surface area (Å²) < 4.78 is 5.86. The van der Waals surface area contributed by atoms with E-state index in [1.807, 2.05) is 47.9 Å². The number of carbonyl (C=O) groups excluding carboxylic acids is 2. The average molecular weight is 426 g/mol. The molecule has 0 spiro atoms. The number of carbonyl (C=O) groups is 2. The van der Waals surface area contributed by atoms with Crippen LogP contribution in [0.4, 0.5) is 4.79 Å². The van der Waals surface area contributed by atoms with Crippen LogP contribution in [0, 0.1) is 19.8 Å². The summed E-state index contributed by atoms with van der Waals surface area (Å²) in [6, 6.07) is 7.94. The fraction of sp³-hybridized carbons (Fsp3) is 0.565. The summed E-state index contributed by atoms with van der Waals surface area (Å²) in [5.74, 6) is 1.30. The van der Waals surface area contributed by atoms with Crippen LogP contribution in [0.3, 0.4) is 0 Å². The van der Waals surface area contributed by atoms with E-state index in [9.17, 15) is 9.59 Å². The summed E-state index contributed by atoms with van der Waals surface area (Å²) in [5, 5.41) is 11.3. The van der Waals surface area contributed by atoms with Gasteiger partial charge in [-0.2, -0.15) is 0 Å². The zero-order chi connectivity index (χ0) is 22.0. The summed E-state index contributed by atoms with van der Waals surface area (Å²) in [5.41, 5.74) is 1.79. The monoisotopic (exact) mass is 425 g/mol. The Kier molecular flexibility index (Phi) is 5.98. The lowest BCUT2D eigenvalue weighted by Gasteiger charge is -2.41. The Morgan fingerprint density at radius 3 is 2.68 bits per heavy atom. The van der Waals surface area contributed by atoms with Crippen molar-refractivity contribution < 1.29 is 14.0 Å². The molecule has 2 aliphatic heterocycles. The van der Waals surface area contributed by atoms with Gasteiger partial charge in [-0.25, -0.2) is 4.79 Å². The van der Waals surface area contributed by atoms with Gasteiger partial charge in [-0.15, -0.1) is 10.2 Å². The molecule has 2 fully saturated rings.